The summed E-state index contributed by atoms with van der Waals surface area (Å²) in [4.78, 5) is 24.3. The van der Waals surface area contributed by atoms with Gasteiger partial charge in [-0.3, -0.25) is 0 Å². The van der Waals surface area contributed by atoms with Gasteiger partial charge in [0.05, 0.1) is 0 Å². The monoisotopic (exact) mass is 244 g/mol. The zero-order valence-electron chi connectivity index (χ0n) is 11.4. The lowest BCUT2D eigenvalue weighted by molar-refractivity contribution is -0.140. The quantitative estimate of drug-likeness (QED) is 0.750. The average Bonchev–Trinajstić information content (AvgIpc) is 2.23. The van der Waals surface area contributed by atoms with E-state index in [0.29, 0.717) is 0 Å². The van der Waals surface area contributed by atoms with Crippen molar-refractivity contribution in [1.29, 1.82) is 0 Å². The molecule has 5 nitrogen and oxygen atoms in total. The number of aliphatic carboxylic acids is 1. The summed E-state index contributed by atoms with van der Waals surface area (Å²) in [5.41, 5.74) is 0. The second kappa shape index (κ2) is 7.14. The van der Waals surface area contributed by atoms with Gasteiger partial charge in [0.25, 0.3) is 0 Å². The van der Waals surface area contributed by atoms with E-state index in [0.717, 1.165) is 12.8 Å². The van der Waals surface area contributed by atoms with E-state index in [1.165, 1.54) is 0 Å². The molecule has 0 fully saturated rings. The number of carbonyl (C=O) groups excluding carboxylic acids is 1. The molecule has 0 aliphatic carbocycles. The third-order valence-electron chi connectivity index (χ3n) is 2.90. The molecule has 0 rings (SSSR count). The van der Waals surface area contributed by atoms with E-state index in [2.05, 4.69) is 12.2 Å². The third kappa shape index (κ3) is 5.06. The van der Waals surface area contributed by atoms with Crippen LogP contribution in [-0.2, 0) is 4.79 Å². The van der Waals surface area contributed by atoms with Crippen LogP contribution in [0, 0.1) is 5.92 Å². The molecule has 0 aromatic heterocycles. The molecule has 0 saturated heterocycles. The summed E-state index contributed by atoms with van der Waals surface area (Å²) in [5, 5.41) is 11.5. The number of urea groups is 1. The van der Waals surface area contributed by atoms with Crippen LogP contribution in [0.4, 0.5) is 4.79 Å². The number of nitrogens with one attached hydrogen (secondary N) is 1. The highest BCUT2D eigenvalue weighted by Gasteiger charge is 2.25. The van der Waals surface area contributed by atoms with Crippen molar-refractivity contribution in [3.63, 3.8) is 0 Å². The zero-order chi connectivity index (χ0) is 13.6. The van der Waals surface area contributed by atoms with Crippen molar-refractivity contribution < 1.29 is 14.7 Å². The number of nitrogens with zero attached hydrogens (tertiary/aromatic N) is 1. The smallest absolute Gasteiger partial charge is 0.326 e. The van der Waals surface area contributed by atoms with Crippen LogP contribution in [0.5, 0.6) is 0 Å². The van der Waals surface area contributed by atoms with Gasteiger partial charge >= 0.3 is 12.0 Å². The lowest BCUT2D eigenvalue weighted by atomic mass is 10.1. The molecule has 0 spiro atoms. The molecule has 100 valence electrons. The van der Waals surface area contributed by atoms with Crippen LogP contribution in [0.3, 0.4) is 0 Å². The van der Waals surface area contributed by atoms with E-state index in [-0.39, 0.29) is 18.0 Å². The van der Waals surface area contributed by atoms with Crippen LogP contribution >= 0.6 is 0 Å². The van der Waals surface area contributed by atoms with E-state index >= 15 is 0 Å². The van der Waals surface area contributed by atoms with Gasteiger partial charge in [0, 0.05) is 13.1 Å². The highest BCUT2D eigenvalue weighted by Crippen LogP contribution is 2.07. The highest BCUT2D eigenvalue weighted by atomic mass is 16.4. The highest BCUT2D eigenvalue weighted by molar-refractivity contribution is 5.82. The van der Waals surface area contributed by atoms with Gasteiger partial charge in [-0.15, -0.1) is 0 Å². The minimum absolute atomic E-state index is 0.113. The van der Waals surface area contributed by atoms with Gasteiger partial charge in [-0.25, -0.2) is 9.59 Å². The number of hydrogen-bond acceptors (Lipinski definition) is 2. The molecule has 0 saturated carbocycles. The topological polar surface area (TPSA) is 69.6 Å². The molecule has 0 aliphatic heterocycles. The summed E-state index contributed by atoms with van der Waals surface area (Å²) < 4.78 is 0. The lowest BCUT2D eigenvalue weighted by Gasteiger charge is -2.27. The number of carbonyl (C=O) groups is 2. The summed E-state index contributed by atoms with van der Waals surface area (Å²) in [6.45, 7) is 7.55. The van der Waals surface area contributed by atoms with Gasteiger partial charge in [-0.05, 0) is 19.3 Å². The van der Waals surface area contributed by atoms with Gasteiger partial charge in [0.1, 0.15) is 6.04 Å². The maximum Gasteiger partial charge on any atom is 0.326 e. The van der Waals surface area contributed by atoms with Crippen LogP contribution in [0.25, 0.3) is 0 Å². The zero-order valence-corrected chi connectivity index (χ0v) is 11.4. The molecule has 0 aromatic carbocycles. The van der Waals surface area contributed by atoms with Crippen molar-refractivity contribution in [2.24, 2.45) is 5.92 Å². The lowest BCUT2D eigenvalue weighted by Crippen LogP contribution is -2.51. The first-order valence-electron chi connectivity index (χ1n) is 6.07. The minimum atomic E-state index is -0.995. The Morgan fingerprint density at radius 3 is 2.18 bits per heavy atom. The molecule has 0 aliphatic rings. The van der Waals surface area contributed by atoms with E-state index in [1.807, 2.05) is 6.92 Å². The Bertz CT molecular complexity index is 266. The molecular formula is C12H24N2O3. The maximum atomic E-state index is 11.8. The van der Waals surface area contributed by atoms with Gasteiger partial charge < -0.3 is 15.3 Å². The molecular weight excluding hydrogens is 220 g/mol. The van der Waals surface area contributed by atoms with Crippen LogP contribution in [0.2, 0.25) is 0 Å². The maximum absolute atomic E-state index is 11.8. The molecule has 2 N–H and O–H groups in total. The molecule has 0 aromatic rings. The van der Waals surface area contributed by atoms with E-state index in [9.17, 15) is 9.59 Å². The first-order valence-corrected chi connectivity index (χ1v) is 6.07. The Kier molecular flexibility index (Phi) is 6.61. The SMILES string of the molecule is CCCC(C)N(C)C(=O)N[C@@H](C(=O)O)C(C)C. The van der Waals surface area contributed by atoms with Crippen LogP contribution < -0.4 is 5.32 Å². The van der Waals surface area contributed by atoms with Crippen molar-refractivity contribution in [3.05, 3.63) is 0 Å². The summed E-state index contributed by atoms with van der Waals surface area (Å²) in [7, 11) is 1.69. The van der Waals surface area contributed by atoms with Crippen molar-refractivity contribution in [3.8, 4) is 0 Å². The van der Waals surface area contributed by atoms with Crippen molar-refractivity contribution in [2.75, 3.05) is 7.05 Å². The fraction of sp³-hybridized carbons (Fsp3) is 0.833. The van der Waals surface area contributed by atoms with Crippen molar-refractivity contribution >= 4 is 12.0 Å². The summed E-state index contributed by atoms with van der Waals surface area (Å²) in [5.74, 6) is -1.13. The Morgan fingerprint density at radius 2 is 1.82 bits per heavy atom. The molecule has 2 amide bonds. The summed E-state index contributed by atoms with van der Waals surface area (Å²) in [6, 6.07) is -1.05. The minimum Gasteiger partial charge on any atom is -0.480 e. The number of hydrogen-bond donors (Lipinski definition) is 2. The predicted molar refractivity (Wildman–Crippen MR) is 66.9 cm³/mol. The van der Waals surface area contributed by atoms with Gasteiger partial charge in [0.15, 0.2) is 0 Å². The second-order valence-corrected chi connectivity index (χ2v) is 4.76. The van der Waals surface area contributed by atoms with Crippen LogP contribution in [0.15, 0.2) is 0 Å². The standard InChI is InChI=1S/C12H24N2O3/c1-6-7-9(4)14(5)12(17)13-10(8(2)3)11(15)16/h8-10H,6-7H2,1-5H3,(H,13,17)(H,15,16)/t9?,10-/m1/s1. The summed E-state index contributed by atoms with van der Waals surface area (Å²) in [6.07, 6.45) is 1.90. The summed E-state index contributed by atoms with van der Waals surface area (Å²) >= 11 is 0. The molecule has 17 heavy (non-hydrogen) atoms. The molecule has 2 atom stereocenters. The molecule has 5 heteroatoms. The molecule has 1 unspecified atom stereocenters. The van der Waals surface area contributed by atoms with Crippen molar-refractivity contribution in [1.82, 2.24) is 10.2 Å². The van der Waals surface area contributed by atoms with Crippen LogP contribution in [0.1, 0.15) is 40.5 Å². The number of amides is 2. The van der Waals surface area contributed by atoms with Gasteiger partial charge in [-0.1, -0.05) is 27.2 Å². The van der Waals surface area contributed by atoms with E-state index < -0.39 is 12.0 Å². The normalized spacial score (nSPS) is 14.2. The fourth-order valence-electron chi connectivity index (χ4n) is 1.56. The van der Waals surface area contributed by atoms with E-state index in [4.69, 9.17) is 5.11 Å². The number of carboxylic acid groups (broad SMARTS) is 1. The van der Waals surface area contributed by atoms with Crippen LogP contribution in [-0.4, -0.2) is 41.1 Å². The number of rotatable bonds is 6. The molecule has 0 bridgehead atoms. The van der Waals surface area contributed by atoms with Gasteiger partial charge in [-0.2, -0.15) is 0 Å². The van der Waals surface area contributed by atoms with E-state index in [1.54, 1.807) is 25.8 Å². The molecule has 0 radical (unpaired) electrons. The predicted octanol–water partition coefficient (Wildman–Crippen LogP) is 1.93. The first kappa shape index (κ1) is 15.7. The third-order valence-corrected chi connectivity index (χ3v) is 2.90. The molecule has 0 heterocycles. The number of carboxylic acids is 1. The Morgan fingerprint density at radius 1 is 1.29 bits per heavy atom. The largest absolute Gasteiger partial charge is 0.480 e. The Labute approximate surface area is 103 Å². The first-order chi connectivity index (χ1) is 7.81. The van der Waals surface area contributed by atoms with Crippen molar-refractivity contribution in [2.45, 2.75) is 52.6 Å². The Hall–Kier alpha value is -1.26. The fourth-order valence-corrected chi connectivity index (χ4v) is 1.56. The average molecular weight is 244 g/mol. The Balaban J connectivity index is 4.45. The van der Waals surface area contributed by atoms with Gasteiger partial charge in [0.2, 0.25) is 0 Å². The second-order valence-electron chi connectivity index (χ2n) is 4.76.